The number of benzene rings is 1. The van der Waals surface area contributed by atoms with Crippen LogP contribution in [0.4, 0.5) is 5.82 Å². The number of rotatable bonds is 6. The summed E-state index contributed by atoms with van der Waals surface area (Å²) in [6.45, 7) is 1.43. The molecule has 32 heavy (non-hydrogen) atoms. The summed E-state index contributed by atoms with van der Waals surface area (Å²) in [5.74, 6) is -0.516. The van der Waals surface area contributed by atoms with Crippen LogP contribution < -0.4 is 11.4 Å². The zero-order valence-electron chi connectivity index (χ0n) is 17.0. The Morgan fingerprint density at radius 2 is 2.16 bits per heavy atom. The molecule has 1 aromatic carbocycles. The van der Waals surface area contributed by atoms with Crippen molar-refractivity contribution in [2.75, 3.05) is 18.9 Å². The Kier molecular flexibility index (Phi) is 6.42. The lowest BCUT2D eigenvalue weighted by Crippen LogP contribution is -2.40. The Bertz CT molecular complexity index is 1110. The van der Waals surface area contributed by atoms with E-state index in [1.165, 1.54) is 12.3 Å². The van der Waals surface area contributed by atoms with Gasteiger partial charge in [0.05, 0.1) is 25.4 Å². The van der Waals surface area contributed by atoms with Crippen LogP contribution in [-0.2, 0) is 34.2 Å². The maximum absolute atomic E-state index is 13.0. The molecule has 1 unspecified atom stereocenters. The van der Waals surface area contributed by atoms with E-state index in [9.17, 15) is 19.3 Å². The first-order valence-corrected chi connectivity index (χ1v) is 11.3. The van der Waals surface area contributed by atoms with Gasteiger partial charge >= 0.3 is 19.5 Å². The highest BCUT2D eigenvalue weighted by Crippen LogP contribution is 2.57. The minimum Gasteiger partial charge on any atom is -0.462 e. The van der Waals surface area contributed by atoms with Gasteiger partial charge in [-0.25, -0.2) is 14.2 Å². The van der Waals surface area contributed by atoms with E-state index < -0.39 is 44.0 Å². The molecule has 3 N–H and O–H groups in total. The third-order valence-corrected chi connectivity index (χ3v) is 6.39. The van der Waals surface area contributed by atoms with Gasteiger partial charge in [0.25, 0.3) is 0 Å². The number of ether oxygens (including phenoxy) is 2. The summed E-state index contributed by atoms with van der Waals surface area (Å²) in [4.78, 5) is 27.8. The first kappa shape index (κ1) is 22.6. The molecule has 0 bridgehead atoms. The van der Waals surface area contributed by atoms with Gasteiger partial charge < -0.3 is 20.3 Å². The monoisotopic (exact) mass is 467 g/mol. The molecule has 2 aliphatic heterocycles. The fraction of sp³-hybridized carbons (Fsp3) is 0.421. The van der Waals surface area contributed by atoms with Crippen LogP contribution in [0.3, 0.4) is 0 Å². The molecule has 2 aromatic rings. The van der Waals surface area contributed by atoms with E-state index in [0.29, 0.717) is 5.56 Å². The third-order valence-electron chi connectivity index (χ3n) is 4.97. The molecule has 2 fully saturated rings. The quantitative estimate of drug-likeness (QED) is 0.460. The number of nitrogens with zero attached hydrogens (tertiary/aromatic N) is 2. The zero-order valence-corrected chi connectivity index (χ0v) is 17.9. The molecule has 0 aliphatic carbocycles. The van der Waals surface area contributed by atoms with Crippen molar-refractivity contribution in [2.24, 2.45) is 0 Å². The van der Waals surface area contributed by atoms with Crippen molar-refractivity contribution in [2.45, 2.75) is 38.1 Å². The van der Waals surface area contributed by atoms with Crippen LogP contribution in [0, 0.1) is 0 Å². The molecule has 5 atom stereocenters. The fourth-order valence-corrected chi connectivity index (χ4v) is 4.83. The van der Waals surface area contributed by atoms with Gasteiger partial charge in [-0.05, 0) is 24.6 Å². The van der Waals surface area contributed by atoms with Gasteiger partial charge in [0, 0.05) is 6.20 Å². The highest BCUT2D eigenvalue weighted by molar-refractivity contribution is 7.48. The van der Waals surface area contributed by atoms with Crippen LogP contribution in [0.5, 0.6) is 0 Å². The fourth-order valence-electron chi connectivity index (χ4n) is 3.45. The normalized spacial score (nSPS) is 29.4. The summed E-state index contributed by atoms with van der Waals surface area (Å²) >= 11 is 0. The molecule has 172 valence electrons. The molecule has 2 aliphatic rings. The summed E-state index contributed by atoms with van der Waals surface area (Å²) in [6.07, 6.45) is -3.03. The first-order chi connectivity index (χ1) is 15.3. The van der Waals surface area contributed by atoms with Crippen LogP contribution in [0.25, 0.3) is 0 Å². The highest BCUT2D eigenvalue weighted by Gasteiger charge is 2.53. The van der Waals surface area contributed by atoms with Crippen LogP contribution in [0.15, 0.2) is 41.3 Å². The van der Waals surface area contributed by atoms with E-state index in [1.54, 1.807) is 31.2 Å². The summed E-state index contributed by atoms with van der Waals surface area (Å²) in [6, 6.07) is 7.91. The standard InChI is InChI=1S/C19H22N3O9P/c1-2-27-18(24)12-6-4-3-5-11(12)9-28-32(26)29-10-13-16(31-32)15(23)17(30-13)22-8-7-14(20)21-19(22)25/h3-8,13,15-17,23H,2,9-10H2,1H3,(H2,20,21,25)/t13-,15-,16+,17-,32?/m1/s1. The first-order valence-electron chi connectivity index (χ1n) is 9.82. The molecule has 3 heterocycles. The van der Waals surface area contributed by atoms with Gasteiger partial charge in [0.15, 0.2) is 6.23 Å². The predicted molar refractivity (Wildman–Crippen MR) is 108 cm³/mol. The Hall–Kier alpha value is -2.60. The van der Waals surface area contributed by atoms with E-state index in [1.807, 2.05) is 0 Å². The number of hydrogen-bond acceptors (Lipinski definition) is 11. The lowest BCUT2D eigenvalue weighted by atomic mass is 10.1. The van der Waals surface area contributed by atoms with Crippen molar-refractivity contribution >= 4 is 19.6 Å². The number of aliphatic hydroxyl groups excluding tert-OH is 1. The van der Waals surface area contributed by atoms with Crippen LogP contribution in [-0.4, -0.2) is 52.2 Å². The number of nitrogen functional groups attached to an aromatic ring is 1. The number of aromatic nitrogens is 2. The van der Waals surface area contributed by atoms with Crippen molar-refractivity contribution in [3.8, 4) is 0 Å². The van der Waals surface area contributed by atoms with E-state index in [-0.39, 0.29) is 31.2 Å². The van der Waals surface area contributed by atoms with Crippen molar-refractivity contribution in [3.05, 3.63) is 58.1 Å². The van der Waals surface area contributed by atoms with E-state index in [2.05, 4.69) is 4.98 Å². The molecule has 0 saturated carbocycles. The minimum absolute atomic E-state index is 0.0248. The number of aliphatic hydroxyl groups is 1. The number of anilines is 1. The maximum Gasteiger partial charge on any atom is 0.475 e. The van der Waals surface area contributed by atoms with E-state index in [4.69, 9.17) is 28.8 Å². The summed E-state index contributed by atoms with van der Waals surface area (Å²) < 4.78 is 40.9. The molecule has 0 radical (unpaired) electrons. The molecule has 0 amide bonds. The van der Waals surface area contributed by atoms with Gasteiger partial charge in [0.2, 0.25) is 0 Å². The van der Waals surface area contributed by atoms with Crippen molar-refractivity contribution < 1.29 is 37.5 Å². The van der Waals surface area contributed by atoms with Gasteiger partial charge in [-0.3, -0.25) is 18.1 Å². The smallest absolute Gasteiger partial charge is 0.462 e. The van der Waals surface area contributed by atoms with Gasteiger partial charge in [0.1, 0.15) is 24.1 Å². The minimum atomic E-state index is -4.10. The highest BCUT2D eigenvalue weighted by atomic mass is 31.2. The Labute approximate surface area is 182 Å². The van der Waals surface area contributed by atoms with Crippen LogP contribution in [0.2, 0.25) is 0 Å². The Morgan fingerprint density at radius 1 is 1.38 bits per heavy atom. The average Bonchev–Trinajstić information content (AvgIpc) is 3.08. The predicted octanol–water partition coefficient (Wildman–Crippen LogP) is 1.00. The van der Waals surface area contributed by atoms with Gasteiger partial charge in [-0.15, -0.1) is 0 Å². The lowest BCUT2D eigenvalue weighted by molar-refractivity contribution is -0.0731. The number of phosphoric acid groups is 1. The molecule has 1 aromatic heterocycles. The van der Waals surface area contributed by atoms with Crippen LogP contribution in [0.1, 0.15) is 29.1 Å². The molecule has 4 rings (SSSR count). The molecule has 2 saturated heterocycles. The summed E-state index contributed by atoms with van der Waals surface area (Å²) in [5.41, 5.74) is 5.45. The molecular formula is C19H22N3O9P. The van der Waals surface area contributed by atoms with Crippen molar-refractivity contribution in [1.82, 2.24) is 9.55 Å². The van der Waals surface area contributed by atoms with Gasteiger partial charge in [-0.1, -0.05) is 18.2 Å². The summed E-state index contributed by atoms with van der Waals surface area (Å²) in [7, 11) is -4.10. The zero-order chi connectivity index (χ0) is 22.9. The second-order valence-corrected chi connectivity index (χ2v) is 8.68. The Balaban J connectivity index is 1.46. The summed E-state index contributed by atoms with van der Waals surface area (Å²) in [5, 5.41) is 10.7. The maximum atomic E-state index is 13.0. The number of fused-ring (bicyclic) bond motifs is 1. The van der Waals surface area contributed by atoms with Crippen molar-refractivity contribution in [1.29, 1.82) is 0 Å². The molecule has 12 nitrogen and oxygen atoms in total. The lowest BCUT2D eigenvalue weighted by Gasteiger charge is -2.30. The van der Waals surface area contributed by atoms with Crippen LogP contribution >= 0.6 is 7.82 Å². The molecule has 13 heteroatoms. The second kappa shape index (κ2) is 9.10. The number of hydrogen-bond donors (Lipinski definition) is 2. The number of nitrogens with two attached hydrogens (primary N) is 1. The molecular weight excluding hydrogens is 445 g/mol. The molecule has 0 spiro atoms. The largest absolute Gasteiger partial charge is 0.475 e. The Morgan fingerprint density at radius 3 is 2.91 bits per heavy atom. The average molecular weight is 467 g/mol. The van der Waals surface area contributed by atoms with E-state index >= 15 is 0 Å². The van der Waals surface area contributed by atoms with Gasteiger partial charge in [-0.2, -0.15) is 4.98 Å². The number of carbonyl (C=O) groups excluding carboxylic acids is 1. The van der Waals surface area contributed by atoms with E-state index in [0.717, 1.165) is 4.57 Å². The second-order valence-electron chi connectivity index (χ2n) is 7.06. The topological polar surface area (TPSA) is 161 Å². The third kappa shape index (κ3) is 4.46. The number of esters is 1. The van der Waals surface area contributed by atoms with Crippen molar-refractivity contribution in [3.63, 3.8) is 0 Å². The SMILES string of the molecule is CCOC(=O)c1ccccc1COP1(=O)OC[C@H]2O[C@@H](n3ccc(N)nc3=O)[C@H](O)[C@H]2O1. The number of carbonyl (C=O) groups is 1. The number of phosphoric ester groups is 1.